The molecule has 3 heterocycles. The van der Waals surface area contributed by atoms with Gasteiger partial charge in [0.25, 0.3) is 0 Å². The summed E-state index contributed by atoms with van der Waals surface area (Å²) in [5.41, 5.74) is 6.38. The highest BCUT2D eigenvalue weighted by Crippen LogP contribution is 2.35. The topological polar surface area (TPSA) is 35.6 Å². The maximum Gasteiger partial charge on any atom is 0.196 e. The van der Waals surface area contributed by atoms with E-state index in [2.05, 4.69) is 75.9 Å². The lowest BCUT2D eigenvalue weighted by atomic mass is 10.1. The van der Waals surface area contributed by atoms with Crippen molar-refractivity contribution >= 4 is 44.9 Å². The second kappa shape index (κ2) is 8.39. The molecule has 0 unspecified atom stereocenters. The number of hydrogen-bond acceptors (Lipinski definition) is 4. The third kappa shape index (κ3) is 3.74. The van der Waals surface area contributed by atoms with Crippen molar-refractivity contribution in [3.8, 4) is 17.2 Å². The standard InChI is InChI=1S/C24H20ClFN4S2/c1-14-4-5-15(2)20(10-14)30-23(21-12-22-19(29(21)3)8-9-31-22)27-28-24(30)32-13-16-6-7-17(26)11-18(16)25/h4-12H,13H2,1-3H3. The van der Waals surface area contributed by atoms with E-state index in [4.69, 9.17) is 11.6 Å². The van der Waals surface area contributed by atoms with E-state index < -0.39 is 0 Å². The highest BCUT2D eigenvalue weighted by molar-refractivity contribution is 7.98. The van der Waals surface area contributed by atoms with E-state index in [0.29, 0.717) is 10.8 Å². The summed E-state index contributed by atoms with van der Waals surface area (Å²) in [5, 5.41) is 12.4. The summed E-state index contributed by atoms with van der Waals surface area (Å²) in [6.07, 6.45) is 0. The molecular formula is C24H20ClFN4S2. The van der Waals surface area contributed by atoms with Gasteiger partial charge in [-0.05, 0) is 66.2 Å². The number of aryl methyl sites for hydroxylation is 3. The quantitative estimate of drug-likeness (QED) is 0.249. The van der Waals surface area contributed by atoms with Crippen molar-refractivity contribution < 1.29 is 4.39 Å². The average molecular weight is 483 g/mol. The molecule has 0 aliphatic heterocycles. The van der Waals surface area contributed by atoms with Crippen LogP contribution in [0.15, 0.2) is 59.1 Å². The van der Waals surface area contributed by atoms with Crippen molar-refractivity contribution in [3.05, 3.63) is 81.4 Å². The van der Waals surface area contributed by atoms with Crippen LogP contribution in [0.5, 0.6) is 0 Å². The van der Waals surface area contributed by atoms with Gasteiger partial charge in [-0.25, -0.2) is 4.39 Å². The average Bonchev–Trinajstić information content (AvgIpc) is 3.45. The molecule has 0 saturated carbocycles. The SMILES string of the molecule is Cc1ccc(C)c(-n2c(SCc3ccc(F)cc3Cl)nnc2-c2cc3sccc3n2C)c1. The van der Waals surface area contributed by atoms with Crippen LogP contribution >= 0.6 is 34.7 Å². The first-order valence-electron chi connectivity index (χ1n) is 10.1. The lowest BCUT2D eigenvalue weighted by molar-refractivity contribution is 0.627. The predicted octanol–water partition coefficient (Wildman–Crippen LogP) is 7.19. The molecule has 5 aromatic rings. The van der Waals surface area contributed by atoms with Crippen molar-refractivity contribution in [1.82, 2.24) is 19.3 Å². The van der Waals surface area contributed by atoms with Crippen LogP contribution in [0.3, 0.4) is 0 Å². The molecule has 32 heavy (non-hydrogen) atoms. The van der Waals surface area contributed by atoms with E-state index in [1.54, 1.807) is 17.4 Å². The zero-order valence-corrected chi connectivity index (χ0v) is 20.2. The Balaban J connectivity index is 1.63. The summed E-state index contributed by atoms with van der Waals surface area (Å²) < 4.78 is 18.9. The second-order valence-electron chi connectivity index (χ2n) is 7.71. The van der Waals surface area contributed by atoms with Crippen LogP contribution in [-0.2, 0) is 12.8 Å². The molecule has 0 radical (unpaired) electrons. The van der Waals surface area contributed by atoms with Gasteiger partial charge >= 0.3 is 0 Å². The molecule has 0 aliphatic rings. The Kier molecular flexibility index (Phi) is 5.57. The molecule has 0 saturated heterocycles. The van der Waals surface area contributed by atoms with Crippen molar-refractivity contribution in [2.45, 2.75) is 24.8 Å². The summed E-state index contributed by atoms with van der Waals surface area (Å²) in [6.45, 7) is 4.17. The number of rotatable bonds is 5. The number of halogens is 2. The normalized spacial score (nSPS) is 11.5. The molecule has 0 fully saturated rings. The minimum Gasteiger partial charge on any atom is -0.340 e. The lowest BCUT2D eigenvalue weighted by Gasteiger charge is -2.14. The van der Waals surface area contributed by atoms with Gasteiger partial charge in [0.1, 0.15) is 5.82 Å². The van der Waals surface area contributed by atoms with Crippen LogP contribution in [0.25, 0.3) is 27.4 Å². The van der Waals surface area contributed by atoms with Gasteiger partial charge in [-0.1, -0.05) is 41.6 Å². The molecular weight excluding hydrogens is 463 g/mol. The molecule has 2 aromatic carbocycles. The zero-order valence-electron chi connectivity index (χ0n) is 17.8. The number of nitrogens with zero attached hydrogens (tertiary/aromatic N) is 4. The fraction of sp³-hybridized carbons (Fsp3) is 0.167. The first kappa shape index (κ1) is 21.2. The summed E-state index contributed by atoms with van der Waals surface area (Å²) >= 11 is 9.50. The van der Waals surface area contributed by atoms with E-state index in [0.717, 1.165) is 39.1 Å². The van der Waals surface area contributed by atoms with Gasteiger partial charge in [-0.2, -0.15) is 0 Å². The van der Waals surface area contributed by atoms with E-state index in [1.165, 1.54) is 34.1 Å². The summed E-state index contributed by atoms with van der Waals surface area (Å²) in [5.74, 6) is 1.01. The minimum absolute atomic E-state index is 0.340. The van der Waals surface area contributed by atoms with E-state index >= 15 is 0 Å². The summed E-state index contributed by atoms with van der Waals surface area (Å²) in [4.78, 5) is 0. The number of fused-ring (bicyclic) bond motifs is 1. The molecule has 162 valence electrons. The van der Waals surface area contributed by atoms with Gasteiger partial charge in [-0.3, -0.25) is 4.57 Å². The third-order valence-corrected chi connectivity index (χ3v) is 7.69. The minimum atomic E-state index is -0.340. The molecule has 0 amide bonds. The highest BCUT2D eigenvalue weighted by Gasteiger charge is 2.21. The summed E-state index contributed by atoms with van der Waals surface area (Å²) in [7, 11) is 2.05. The molecule has 5 rings (SSSR count). The number of thiophene rings is 1. The monoisotopic (exact) mass is 482 g/mol. The van der Waals surface area contributed by atoms with Crippen molar-refractivity contribution in [1.29, 1.82) is 0 Å². The molecule has 3 aromatic heterocycles. The largest absolute Gasteiger partial charge is 0.340 e. The number of aromatic nitrogens is 4. The molecule has 0 N–H and O–H groups in total. The number of thioether (sulfide) groups is 1. The first-order valence-corrected chi connectivity index (χ1v) is 12.3. The Morgan fingerprint density at radius 3 is 2.69 bits per heavy atom. The smallest absolute Gasteiger partial charge is 0.196 e. The Labute approximate surface area is 198 Å². The molecule has 4 nitrogen and oxygen atoms in total. The van der Waals surface area contributed by atoms with Gasteiger partial charge in [-0.15, -0.1) is 21.5 Å². The van der Waals surface area contributed by atoms with Crippen LogP contribution in [0, 0.1) is 19.7 Å². The lowest BCUT2D eigenvalue weighted by Crippen LogP contribution is -2.04. The Morgan fingerprint density at radius 1 is 1.06 bits per heavy atom. The fourth-order valence-corrected chi connectivity index (χ4v) is 5.86. The van der Waals surface area contributed by atoms with E-state index in [-0.39, 0.29) is 5.82 Å². The molecule has 8 heteroatoms. The van der Waals surface area contributed by atoms with Crippen LogP contribution in [0.4, 0.5) is 4.39 Å². The number of benzene rings is 2. The zero-order chi connectivity index (χ0) is 22.4. The van der Waals surface area contributed by atoms with Crippen LogP contribution < -0.4 is 0 Å². The highest BCUT2D eigenvalue weighted by atomic mass is 35.5. The molecule has 0 aliphatic carbocycles. The third-order valence-electron chi connectivity index (χ3n) is 5.50. The first-order chi connectivity index (χ1) is 15.4. The molecule has 0 bridgehead atoms. The van der Waals surface area contributed by atoms with Crippen molar-refractivity contribution in [3.63, 3.8) is 0 Å². The van der Waals surface area contributed by atoms with Gasteiger partial charge in [0.05, 0.1) is 21.6 Å². The Hall–Kier alpha value is -2.61. The summed E-state index contributed by atoms with van der Waals surface area (Å²) in [6, 6.07) is 15.1. The fourth-order valence-electron chi connectivity index (χ4n) is 3.75. The van der Waals surface area contributed by atoms with Gasteiger partial charge < -0.3 is 4.57 Å². The van der Waals surface area contributed by atoms with Gasteiger partial charge in [0, 0.05) is 17.8 Å². The second-order valence-corrected chi connectivity index (χ2v) is 10.0. The molecule has 0 spiro atoms. The predicted molar refractivity (Wildman–Crippen MR) is 132 cm³/mol. The van der Waals surface area contributed by atoms with Crippen LogP contribution in [0.2, 0.25) is 5.02 Å². The Morgan fingerprint density at radius 2 is 1.91 bits per heavy atom. The van der Waals surface area contributed by atoms with Gasteiger partial charge in [0.15, 0.2) is 11.0 Å². The van der Waals surface area contributed by atoms with Gasteiger partial charge in [0.2, 0.25) is 0 Å². The maximum absolute atomic E-state index is 13.4. The molecule has 0 atom stereocenters. The van der Waals surface area contributed by atoms with Crippen LogP contribution in [0.1, 0.15) is 16.7 Å². The van der Waals surface area contributed by atoms with Crippen molar-refractivity contribution in [2.75, 3.05) is 0 Å². The maximum atomic E-state index is 13.4. The van der Waals surface area contributed by atoms with E-state index in [9.17, 15) is 4.39 Å². The van der Waals surface area contributed by atoms with Crippen molar-refractivity contribution in [2.24, 2.45) is 7.05 Å². The Bertz CT molecular complexity index is 1450. The van der Waals surface area contributed by atoms with E-state index in [1.807, 2.05) is 0 Å². The van der Waals surface area contributed by atoms with Crippen LogP contribution in [-0.4, -0.2) is 19.3 Å². The number of hydrogen-bond donors (Lipinski definition) is 0.